The van der Waals surface area contributed by atoms with Gasteiger partial charge in [-0.2, -0.15) is 0 Å². The van der Waals surface area contributed by atoms with E-state index in [1.807, 2.05) is 0 Å². The minimum atomic E-state index is -0.400. The second-order valence-electron chi connectivity index (χ2n) is 4.90. The number of nitrogens with zero attached hydrogens (tertiary/aromatic N) is 1. The molecule has 2 heterocycles. The van der Waals surface area contributed by atoms with Gasteiger partial charge in [0.1, 0.15) is 4.88 Å². The summed E-state index contributed by atoms with van der Waals surface area (Å²) >= 11 is 4.58. The van der Waals surface area contributed by atoms with Crippen molar-refractivity contribution in [3.63, 3.8) is 0 Å². The van der Waals surface area contributed by atoms with E-state index in [4.69, 9.17) is 4.74 Å². The maximum absolute atomic E-state index is 12.2. The third kappa shape index (κ3) is 3.20. The van der Waals surface area contributed by atoms with Crippen molar-refractivity contribution >= 4 is 45.1 Å². The third-order valence-corrected chi connectivity index (χ3v) is 5.02. The highest BCUT2D eigenvalue weighted by Gasteiger charge is 2.34. The average Bonchev–Trinajstić information content (AvgIpc) is 3.09. The number of imide groups is 1. The zero-order valence-corrected chi connectivity index (χ0v) is 14.4. The van der Waals surface area contributed by atoms with E-state index < -0.39 is 5.97 Å². The van der Waals surface area contributed by atoms with Crippen LogP contribution in [0.4, 0.5) is 0 Å². The highest BCUT2D eigenvalue weighted by Crippen LogP contribution is 2.23. The molecule has 0 saturated carbocycles. The molecule has 5 nitrogen and oxygen atoms in total. The fourth-order valence-corrected chi connectivity index (χ4v) is 3.60. The maximum atomic E-state index is 12.2. The zero-order valence-electron chi connectivity index (χ0n) is 12.0. The first kappa shape index (κ1) is 15.9. The predicted octanol–water partition coefficient (Wildman–Crippen LogP) is 3.35. The molecule has 0 unspecified atom stereocenters. The number of thiophene rings is 1. The fraction of sp³-hybridized carbons (Fsp3) is 0.188. The van der Waals surface area contributed by atoms with Gasteiger partial charge in [-0.1, -0.05) is 12.1 Å². The Bertz CT molecular complexity index is 751. The molecule has 3 rings (SSSR count). The third-order valence-electron chi connectivity index (χ3n) is 3.41. The first-order valence-electron chi connectivity index (χ1n) is 6.95. The van der Waals surface area contributed by atoms with E-state index in [0.717, 1.165) is 3.79 Å². The first-order chi connectivity index (χ1) is 11.1. The Morgan fingerprint density at radius 2 is 1.74 bits per heavy atom. The summed E-state index contributed by atoms with van der Waals surface area (Å²) in [4.78, 5) is 37.8. The van der Waals surface area contributed by atoms with Gasteiger partial charge in [0.25, 0.3) is 11.8 Å². The van der Waals surface area contributed by atoms with E-state index in [1.54, 1.807) is 36.4 Å². The van der Waals surface area contributed by atoms with E-state index in [-0.39, 0.29) is 25.0 Å². The first-order valence-corrected chi connectivity index (χ1v) is 8.56. The van der Waals surface area contributed by atoms with Gasteiger partial charge in [-0.15, -0.1) is 11.3 Å². The molecular weight excluding hydrogens is 382 g/mol. The summed E-state index contributed by atoms with van der Waals surface area (Å²) in [5.41, 5.74) is 0.857. The normalized spacial score (nSPS) is 13.3. The molecule has 0 atom stereocenters. The quantitative estimate of drug-likeness (QED) is 0.443. The van der Waals surface area contributed by atoms with Crippen LogP contribution in [0.2, 0.25) is 0 Å². The molecular formula is C16H12BrNO4S. The molecule has 1 aromatic heterocycles. The number of carbonyl (C=O) groups is 3. The Kier molecular flexibility index (Phi) is 4.58. The molecule has 0 bridgehead atoms. The van der Waals surface area contributed by atoms with Crippen molar-refractivity contribution in [3.8, 4) is 0 Å². The molecule has 2 aromatic rings. The van der Waals surface area contributed by atoms with Crippen molar-refractivity contribution < 1.29 is 19.1 Å². The summed E-state index contributed by atoms with van der Waals surface area (Å²) in [6.07, 6.45) is 0.407. The van der Waals surface area contributed by atoms with Gasteiger partial charge in [-0.05, 0) is 46.6 Å². The second kappa shape index (κ2) is 6.64. The lowest BCUT2D eigenvalue weighted by Gasteiger charge is -2.13. The molecule has 0 fully saturated rings. The van der Waals surface area contributed by atoms with E-state index >= 15 is 0 Å². The van der Waals surface area contributed by atoms with E-state index in [9.17, 15) is 14.4 Å². The largest absolute Gasteiger partial charge is 0.461 e. The Morgan fingerprint density at radius 1 is 1.09 bits per heavy atom. The Hall–Kier alpha value is -1.99. The van der Waals surface area contributed by atoms with Gasteiger partial charge in [-0.3, -0.25) is 14.5 Å². The molecule has 0 aliphatic carbocycles. The monoisotopic (exact) mass is 393 g/mol. The SMILES string of the molecule is O=C(OCCCN1C(=O)c2ccccc2C1=O)c1ccc(Br)s1. The van der Waals surface area contributed by atoms with Gasteiger partial charge in [0, 0.05) is 6.54 Å². The number of amides is 2. The van der Waals surface area contributed by atoms with Crippen LogP contribution in [0.3, 0.4) is 0 Å². The van der Waals surface area contributed by atoms with Crippen molar-refractivity contribution in [3.05, 3.63) is 56.2 Å². The second-order valence-corrected chi connectivity index (χ2v) is 7.36. The van der Waals surface area contributed by atoms with Crippen molar-refractivity contribution in [1.82, 2.24) is 4.90 Å². The number of carbonyl (C=O) groups excluding carboxylic acids is 3. The fourth-order valence-electron chi connectivity index (χ4n) is 2.32. The van der Waals surface area contributed by atoms with Crippen LogP contribution >= 0.6 is 27.3 Å². The maximum Gasteiger partial charge on any atom is 0.348 e. The van der Waals surface area contributed by atoms with Crippen LogP contribution in [0.15, 0.2) is 40.2 Å². The number of esters is 1. The van der Waals surface area contributed by atoms with E-state index in [2.05, 4.69) is 15.9 Å². The van der Waals surface area contributed by atoms with Crippen molar-refractivity contribution in [2.24, 2.45) is 0 Å². The van der Waals surface area contributed by atoms with Gasteiger partial charge in [0.15, 0.2) is 0 Å². The van der Waals surface area contributed by atoms with E-state index in [0.29, 0.717) is 22.4 Å². The van der Waals surface area contributed by atoms with Crippen molar-refractivity contribution in [1.29, 1.82) is 0 Å². The van der Waals surface area contributed by atoms with E-state index in [1.165, 1.54) is 16.2 Å². The van der Waals surface area contributed by atoms with Crippen LogP contribution in [0.25, 0.3) is 0 Å². The van der Waals surface area contributed by atoms with Crippen LogP contribution < -0.4 is 0 Å². The molecule has 0 N–H and O–H groups in total. The lowest BCUT2D eigenvalue weighted by atomic mass is 10.1. The van der Waals surface area contributed by atoms with Crippen molar-refractivity contribution in [2.75, 3.05) is 13.2 Å². The van der Waals surface area contributed by atoms with Crippen molar-refractivity contribution in [2.45, 2.75) is 6.42 Å². The highest BCUT2D eigenvalue weighted by molar-refractivity contribution is 9.11. The number of halogens is 1. The summed E-state index contributed by atoms with van der Waals surface area (Å²) in [5.74, 6) is -0.985. The number of hydrogen-bond donors (Lipinski definition) is 0. The zero-order chi connectivity index (χ0) is 16.4. The van der Waals surface area contributed by atoms with Gasteiger partial charge < -0.3 is 4.74 Å². The highest BCUT2D eigenvalue weighted by atomic mass is 79.9. The molecule has 2 amide bonds. The van der Waals surface area contributed by atoms with Gasteiger partial charge in [-0.25, -0.2) is 4.79 Å². The molecule has 1 aliphatic heterocycles. The molecule has 118 valence electrons. The van der Waals surface area contributed by atoms with Crippen LogP contribution in [-0.2, 0) is 4.74 Å². The number of fused-ring (bicyclic) bond motifs is 1. The molecule has 0 saturated heterocycles. The summed E-state index contributed by atoms with van der Waals surface area (Å²) in [6.45, 7) is 0.384. The van der Waals surface area contributed by atoms with Crippen LogP contribution in [0.1, 0.15) is 36.8 Å². The minimum absolute atomic E-state index is 0.155. The molecule has 7 heteroatoms. The van der Waals surface area contributed by atoms with Crippen LogP contribution in [0.5, 0.6) is 0 Å². The Morgan fingerprint density at radius 3 is 2.30 bits per heavy atom. The molecule has 23 heavy (non-hydrogen) atoms. The lowest BCUT2D eigenvalue weighted by Crippen LogP contribution is -2.31. The molecule has 0 spiro atoms. The van der Waals surface area contributed by atoms with Gasteiger partial charge in [0.05, 0.1) is 21.5 Å². The minimum Gasteiger partial charge on any atom is -0.461 e. The predicted molar refractivity (Wildman–Crippen MR) is 88.7 cm³/mol. The summed E-state index contributed by atoms with van der Waals surface area (Å²) in [6, 6.07) is 10.2. The Labute approximate surface area is 145 Å². The number of ether oxygens (including phenoxy) is 1. The number of hydrogen-bond acceptors (Lipinski definition) is 5. The van der Waals surface area contributed by atoms with Gasteiger partial charge >= 0.3 is 5.97 Å². The smallest absolute Gasteiger partial charge is 0.348 e. The number of benzene rings is 1. The standard InChI is InChI=1S/C16H12BrNO4S/c17-13-7-6-12(23-13)16(21)22-9-3-8-18-14(19)10-4-1-2-5-11(10)15(18)20/h1-2,4-7H,3,8-9H2. The number of rotatable bonds is 5. The summed E-state index contributed by atoms with van der Waals surface area (Å²) in [7, 11) is 0. The Balaban J connectivity index is 1.51. The molecule has 0 radical (unpaired) electrons. The van der Waals surface area contributed by atoms with Crippen LogP contribution in [-0.4, -0.2) is 35.8 Å². The molecule has 1 aliphatic rings. The summed E-state index contributed by atoms with van der Waals surface area (Å²) in [5, 5.41) is 0. The summed E-state index contributed by atoms with van der Waals surface area (Å²) < 4.78 is 6.01. The van der Waals surface area contributed by atoms with Crippen LogP contribution in [0, 0.1) is 0 Å². The average molecular weight is 394 g/mol. The topological polar surface area (TPSA) is 63.7 Å². The van der Waals surface area contributed by atoms with Gasteiger partial charge in [0.2, 0.25) is 0 Å². The molecule has 1 aromatic carbocycles. The lowest BCUT2D eigenvalue weighted by molar-refractivity contribution is 0.0488.